The number of carbonyl (C=O) groups is 1. The fourth-order valence-corrected chi connectivity index (χ4v) is 1.62. The Kier molecular flexibility index (Phi) is 7.70. The van der Waals surface area contributed by atoms with E-state index < -0.39 is 0 Å². The third kappa shape index (κ3) is 6.54. The predicted octanol–water partition coefficient (Wildman–Crippen LogP) is 0.546. The molecule has 2 N–H and O–H groups in total. The number of nitrogens with one attached hydrogen (secondary N) is 2. The van der Waals surface area contributed by atoms with Gasteiger partial charge in [0.2, 0.25) is 23.1 Å². The second-order valence-corrected chi connectivity index (χ2v) is 4.69. The van der Waals surface area contributed by atoms with Crippen molar-refractivity contribution in [2.45, 2.75) is 13.3 Å². The Bertz CT molecular complexity index is 459. The van der Waals surface area contributed by atoms with Crippen LogP contribution in [0.5, 0.6) is 0 Å². The van der Waals surface area contributed by atoms with Crippen LogP contribution in [0.15, 0.2) is 0 Å². The molecule has 0 aliphatic carbocycles. The number of hydrogen-bond acceptors (Lipinski definition) is 7. The number of likely N-dealkylation sites (N-methyl/N-ethyl adjacent to an activating group) is 1. The molecule has 1 rings (SSSR count). The predicted molar refractivity (Wildman–Crippen MR) is 81.8 cm³/mol. The van der Waals surface area contributed by atoms with E-state index in [1.54, 1.807) is 19.1 Å². The molecule has 8 nitrogen and oxygen atoms in total. The van der Waals surface area contributed by atoms with Crippen molar-refractivity contribution in [1.29, 1.82) is 0 Å². The normalized spacial score (nSPS) is 10.3. The smallest absolute Gasteiger partial charge is 0.239 e. The Hall–Kier alpha value is -1.67. The molecule has 0 aliphatic rings. The van der Waals surface area contributed by atoms with Crippen LogP contribution in [0.3, 0.4) is 0 Å². The lowest BCUT2D eigenvalue weighted by atomic mass is 10.5. The van der Waals surface area contributed by atoms with Gasteiger partial charge in [-0.2, -0.15) is 15.0 Å². The first kappa shape index (κ1) is 17.4. The highest BCUT2D eigenvalue weighted by atomic mass is 35.5. The summed E-state index contributed by atoms with van der Waals surface area (Å²) in [6, 6.07) is 0. The van der Waals surface area contributed by atoms with Crippen molar-refractivity contribution >= 4 is 29.4 Å². The van der Waals surface area contributed by atoms with Gasteiger partial charge in [0, 0.05) is 27.2 Å². The first-order valence-corrected chi connectivity index (χ1v) is 7.06. The van der Waals surface area contributed by atoms with Crippen molar-refractivity contribution in [3.05, 3.63) is 5.28 Å². The van der Waals surface area contributed by atoms with Crippen LogP contribution in [-0.4, -0.2) is 61.3 Å². The van der Waals surface area contributed by atoms with Crippen LogP contribution in [0.2, 0.25) is 5.28 Å². The van der Waals surface area contributed by atoms with Crippen molar-refractivity contribution in [2.75, 3.05) is 50.6 Å². The van der Waals surface area contributed by atoms with Crippen LogP contribution in [0.1, 0.15) is 13.3 Å². The summed E-state index contributed by atoms with van der Waals surface area (Å²) in [6.45, 7) is 3.83. The minimum absolute atomic E-state index is 0.0882. The lowest BCUT2D eigenvalue weighted by Gasteiger charge is -2.17. The topological polar surface area (TPSA) is 92.3 Å². The highest BCUT2D eigenvalue weighted by Crippen LogP contribution is 2.12. The Morgan fingerprint density at radius 3 is 2.76 bits per heavy atom. The van der Waals surface area contributed by atoms with Gasteiger partial charge in [-0.3, -0.25) is 4.79 Å². The van der Waals surface area contributed by atoms with Gasteiger partial charge >= 0.3 is 0 Å². The highest BCUT2D eigenvalue weighted by Gasteiger charge is 2.12. The number of rotatable bonds is 9. The molecule has 0 saturated carbocycles. The zero-order chi connectivity index (χ0) is 15.7. The van der Waals surface area contributed by atoms with E-state index in [0.717, 1.165) is 13.0 Å². The van der Waals surface area contributed by atoms with E-state index in [1.165, 1.54) is 0 Å². The van der Waals surface area contributed by atoms with Crippen molar-refractivity contribution in [1.82, 2.24) is 20.3 Å². The van der Waals surface area contributed by atoms with E-state index in [4.69, 9.17) is 16.3 Å². The first-order chi connectivity index (χ1) is 10.1. The average molecular weight is 317 g/mol. The first-order valence-electron chi connectivity index (χ1n) is 6.69. The molecule has 0 aliphatic heterocycles. The second-order valence-electron chi connectivity index (χ2n) is 4.35. The van der Waals surface area contributed by atoms with Gasteiger partial charge in [0.05, 0.1) is 13.2 Å². The van der Waals surface area contributed by atoms with Gasteiger partial charge in [0.1, 0.15) is 0 Å². The minimum Gasteiger partial charge on any atom is -0.383 e. The van der Waals surface area contributed by atoms with Crippen molar-refractivity contribution in [3.63, 3.8) is 0 Å². The molecule has 0 saturated heterocycles. The number of methoxy groups -OCH3 is 1. The van der Waals surface area contributed by atoms with Crippen molar-refractivity contribution in [2.24, 2.45) is 0 Å². The molecule has 0 fully saturated rings. The number of nitrogens with zero attached hydrogens (tertiary/aromatic N) is 4. The maximum Gasteiger partial charge on any atom is 0.239 e. The lowest BCUT2D eigenvalue weighted by molar-refractivity contribution is -0.119. The monoisotopic (exact) mass is 316 g/mol. The van der Waals surface area contributed by atoms with E-state index in [0.29, 0.717) is 25.0 Å². The zero-order valence-corrected chi connectivity index (χ0v) is 13.3. The molecule has 0 atom stereocenters. The fraction of sp³-hybridized carbons (Fsp3) is 0.667. The van der Waals surface area contributed by atoms with Crippen molar-refractivity contribution < 1.29 is 9.53 Å². The van der Waals surface area contributed by atoms with Crippen LogP contribution < -0.4 is 15.5 Å². The van der Waals surface area contributed by atoms with Gasteiger partial charge in [-0.05, 0) is 18.0 Å². The summed E-state index contributed by atoms with van der Waals surface area (Å²) >= 11 is 5.87. The van der Waals surface area contributed by atoms with E-state index >= 15 is 0 Å². The number of hydrogen-bond donors (Lipinski definition) is 2. The van der Waals surface area contributed by atoms with E-state index in [9.17, 15) is 4.79 Å². The number of halogens is 1. The number of ether oxygens (including phenoxy) is 1. The molecule has 21 heavy (non-hydrogen) atoms. The maximum atomic E-state index is 11.7. The van der Waals surface area contributed by atoms with Crippen LogP contribution in [0.25, 0.3) is 0 Å². The van der Waals surface area contributed by atoms with Gasteiger partial charge < -0.3 is 20.3 Å². The van der Waals surface area contributed by atoms with Gasteiger partial charge in [0.25, 0.3) is 0 Å². The molecular weight excluding hydrogens is 296 g/mol. The molecule has 1 aromatic rings. The highest BCUT2D eigenvalue weighted by molar-refractivity contribution is 6.28. The quantitative estimate of drug-likeness (QED) is 0.642. The molecule has 0 unspecified atom stereocenters. The Labute approximate surface area is 129 Å². The zero-order valence-electron chi connectivity index (χ0n) is 12.5. The molecule has 1 amide bonds. The summed E-state index contributed by atoms with van der Waals surface area (Å²) < 4.78 is 4.86. The van der Waals surface area contributed by atoms with E-state index in [2.05, 4.69) is 25.6 Å². The fourth-order valence-electron chi connectivity index (χ4n) is 1.46. The third-order valence-corrected chi connectivity index (χ3v) is 2.65. The lowest BCUT2D eigenvalue weighted by Crippen LogP contribution is -2.37. The van der Waals surface area contributed by atoms with Crippen molar-refractivity contribution in [3.8, 4) is 0 Å². The molecular formula is C12H21ClN6O2. The molecule has 1 aromatic heterocycles. The number of amides is 1. The summed E-state index contributed by atoms with van der Waals surface area (Å²) in [7, 11) is 3.29. The maximum absolute atomic E-state index is 11.7. The van der Waals surface area contributed by atoms with Gasteiger partial charge in [-0.15, -0.1) is 0 Å². The Morgan fingerprint density at radius 1 is 1.33 bits per heavy atom. The largest absolute Gasteiger partial charge is 0.383 e. The second kappa shape index (κ2) is 9.30. The molecule has 1 heterocycles. The molecule has 0 bridgehead atoms. The van der Waals surface area contributed by atoms with Crippen LogP contribution in [0, 0.1) is 0 Å². The van der Waals surface area contributed by atoms with E-state index in [-0.39, 0.29) is 17.7 Å². The SMILES string of the molecule is CCCNc1nc(Cl)nc(N(C)CC(=O)NCCOC)n1. The van der Waals surface area contributed by atoms with E-state index in [1.807, 2.05) is 6.92 Å². The summed E-state index contributed by atoms with van der Waals surface area (Å²) in [4.78, 5) is 25.5. The van der Waals surface area contributed by atoms with Crippen LogP contribution in [0.4, 0.5) is 11.9 Å². The molecule has 9 heteroatoms. The Balaban J connectivity index is 2.62. The third-order valence-electron chi connectivity index (χ3n) is 2.48. The summed E-state index contributed by atoms with van der Waals surface area (Å²) in [5.41, 5.74) is 0. The summed E-state index contributed by atoms with van der Waals surface area (Å²) in [6.07, 6.45) is 0.941. The number of carbonyl (C=O) groups excluding carboxylic acids is 1. The summed E-state index contributed by atoms with van der Waals surface area (Å²) in [5.74, 6) is 0.600. The van der Waals surface area contributed by atoms with Crippen LogP contribution in [-0.2, 0) is 9.53 Å². The summed E-state index contributed by atoms with van der Waals surface area (Å²) in [5, 5.41) is 5.85. The average Bonchev–Trinajstić information content (AvgIpc) is 2.44. The van der Waals surface area contributed by atoms with Crippen LogP contribution >= 0.6 is 11.6 Å². The van der Waals surface area contributed by atoms with Gasteiger partial charge in [-0.25, -0.2) is 0 Å². The molecule has 0 spiro atoms. The number of aromatic nitrogens is 3. The Morgan fingerprint density at radius 2 is 2.10 bits per heavy atom. The van der Waals surface area contributed by atoms with Gasteiger partial charge in [-0.1, -0.05) is 6.92 Å². The molecule has 0 radical (unpaired) electrons. The molecule has 118 valence electrons. The van der Waals surface area contributed by atoms with Gasteiger partial charge in [0.15, 0.2) is 0 Å². The number of anilines is 2. The molecule has 0 aromatic carbocycles. The standard InChI is InChI=1S/C12H21ClN6O2/c1-4-5-15-11-16-10(13)17-12(18-11)19(2)8-9(20)14-6-7-21-3/h4-8H2,1-3H3,(H,14,20)(H,15,16,17,18). The minimum atomic E-state index is -0.144.